The summed E-state index contributed by atoms with van der Waals surface area (Å²) >= 11 is 0. The first-order valence-electron chi connectivity index (χ1n) is 4.76. The molecule has 1 saturated heterocycles. The lowest BCUT2D eigenvalue weighted by molar-refractivity contribution is -0.944. The Kier molecular flexibility index (Phi) is 2.57. The second-order valence-electron chi connectivity index (χ2n) is 5.08. The number of nitrogens with one attached hydrogen (secondary N) is 1. The average Bonchev–Trinajstić information content (AvgIpc) is 1.82. The summed E-state index contributed by atoms with van der Waals surface area (Å²) in [4.78, 5) is 12.7. The molecule has 12 heavy (non-hydrogen) atoms. The van der Waals surface area contributed by atoms with Crippen LogP contribution in [0, 0.1) is 5.92 Å². The molecule has 2 atom stereocenters. The van der Waals surface area contributed by atoms with Crippen LogP contribution in [0.2, 0.25) is 0 Å². The number of carbonyl (C=O) groups is 1. The van der Waals surface area contributed by atoms with Crippen molar-refractivity contribution in [3.05, 3.63) is 0 Å². The van der Waals surface area contributed by atoms with E-state index in [1.807, 2.05) is 0 Å². The maximum Gasteiger partial charge on any atom is 0.187 e. The molecule has 2 nitrogen and oxygen atoms in total. The Balaban J connectivity index is 2.62. The summed E-state index contributed by atoms with van der Waals surface area (Å²) in [6.45, 7) is 10.7. The topological polar surface area (TPSA) is 21.5 Å². The molecule has 2 heteroatoms. The van der Waals surface area contributed by atoms with E-state index in [2.05, 4.69) is 27.7 Å². The van der Waals surface area contributed by atoms with E-state index in [9.17, 15) is 4.79 Å². The van der Waals surface area contributed by atoms with Crippen LogP contribution in [-0.2, 0) is 4.79 Å². The number of hydrogen-bond donors (Lipinski definition) is 1. The zero-order valence-corrected chi connectivity index (χ0v) is 8.61. The van der Waals surface area contributed by atoms with Gasteiger partial charge in [-0.1, -0.05) is 6.92 Å². The average molecular weight is 170 g/mol. The second kappa shape index (κ2) is 3.17. The third kappa shape index (κ3) is 2.31. The molecule has 0 aromatic carbocycles. The van der Waals surface area contributed by atoms with Gasteiger partial charge in [0.25, 0.3) is 0 Å². The summed E-state index contributed by atoms with van der Waals surface area (Å²) in [5.74, 6) is 0.999. The van der Waals surface area contributed by atoms with Gasteiger partial charge in [-0.3, -0.25) is 4.79 Å². The van der Waals surface area contributed by atoms with Crippen molar-refractivity contribution >= 4 is 5.78 Å². The Bertz CT molecular complexity index is 181. The molecule has 1 unspecified atom stereocenters. The number of quaternary nitrogens is 1. The third-order valence-corrected chi connectivity index (χ3v) is 2.64. The zero-order chi connectivity index (χ0) is 9.35. The normalized spacial score (nSPS) is 32.2. The first-order valence-corrected chi connectivity index (χ1v) is 4.76. The molecule has 0 aliphatic carbocycles. The number of hydrogen-bond acceptors (Lipinski definition) is 1. The van der Waals surface area contributed by atoms with E-state index >= 15 is 0 Å². The first kappa shape index (κ1) is 9.72. The monoisotopic (exact) mass is 170 g/mol. The van der Waals surface area contributed by atoms with Gasteiger partial charge in [-0.2, -0.15) is 0 Å². The highest BCUT2D eigenvalue weighted by atomic mass is 16.1. The van der Waals surface area contributed by atoms with E-state index in [1.165, 1.54) is 4.90 Å². The first-order chi connectivity index (χ1) is 5.39. The fourth-order valence-electron chi connectivity index (χ4n) is 1.84. The Morgan fingerprint density at radius 1 is 1.42 bits per heavy atom. The number of rotatable bonds is 0. The molecule has 70 valence electrons. The highest BCUT2D eigenvalue weighted by Crippen LogP contribution is 2.05. The van der Waals surface area contributed by atoms with Crippen molar-refractivity contribution < 1.29 is 9.69 Å². The van der Waals surface area contributed by atoms with Crippen LogP contribution in [0.15, 0.2) is 0 Å². The van der Waals surface area contributed by atoms with Gasteiger partial charge in [0.2, 0.25) is 0 Å². The van der Waals surface area contributed by atoms with Crippen molar-refractivity contribution in [1.82, 2.24) is 0 Å². The van der Waals surface area contributed by atoms with Gasteiger partial charge in [-0.25, -0.2) is 0 Å². The maximum atomic E-state index is 11.3. The van der Waals surface area contributed by atoms with Crippen LogP contribution in [0.5, 0.6) is 0 Å². The minimum absolute atomic E-state index is 0.227. The minimum Gasteiger partial charge on any atom is -0.324 e. The van der Waals surface area contributed by atoms with Gasteiger partial charge in [-0.05, 0) is 20.8 Å². The van der Waals surface area contributed by atoms with Crippen molar-refractivity contribution in [2.75, 3.05) is 13.1 Å². The molecule has 1 N–H and O–H groups in total. The van der Waals surface area contributed by atoms with Crippen molar-refractivity contribution in [1.29, 1.82) is 0 Å². The Labute approximate surface area is 74.9 Å². The highest BCUT2D eigenvalue weighted by Gasteiger charge is 2.33. The smallest absolute Gasteiger partial charge is 0.187 e. The van der Waals surface area contributed by atoms with E-state index in [1.54, 1.807) is 0 Å². The summed E-state index contributed by atoms with van der Waals surface area (Å²) in [6.07, 6.45) is 0.791. The van der Waals surface area contributed by atoms with E-state index in [-0.39, 0.29) is 5.54 Å². The Morgan fingerprint density at radius 3 is 2.42 bits per heavy atom. The number of Topliss-reactive ketones (excluding diaryl/α,β-unsaturated/α-hetero) is 1. The molecular weight excluding hydrogens is 150 g/mol. The molecule has 1 aliphatic heterocycles. The van der Waals surface area contributed by atoms with Crippen molar-refractivity contribution in [3.8, 4) is 0 Å². The molecule has 1 aliphatic rings. The van der Waals surface area contributed by atoms with Crippen LogP contribution < -0.4 is 4.90 Å². The molecule has 1 fully saturated rings. The highest BCUT2D eigenvalue weighted by molar-refractivity contribution is 5.80. The van der Waals surface area contributed by atoms with Crippen LogP contribution in [0.4, 0.5) is 0 Å². The molecular formula is C10H20NO+. The molecule has 1 rings (SSSR count). The van der Waals surface area contributed by atoms with E-state index in [0.29, 0.717) is 11.7 Å². The van der Waals surface area contributed by atoms with E-state index < -0.39 is 0 Å². The van der Waals surface area contributed by atoms with Crippen LogP contribution in [0.3, 0.4) is 0 Å². The lowest BCUT2D eigenvalue weighted by atomic mass is 9.94. The van der Waals surface area contributed by atoms with Gasteiger partial charge in [0, 0.05) is 12.3 Å². The number of likely N-dealkylation sites (tertiary alicyclic amines) is 1. The summed E-state index contributed by atoms with van der Waals surface area (Å²) in [6, 6.07) is 0. The number of piperidine rings is 1. The standard InChI is InChI=1S/C10H19NO/c1-8-5-9(12)7-11(6-8)10(2,3)4/h8H,5-7H2,1-4H3/p+1/t8-/m0/s1. The predicted octanol–water partition coefficient (Wildman–Crippen LogP) is 0.279. The fraction of sp³-hybridized carbons (Fsp3) is 0.900. The predicted molar refractivity (Wildman–Crippen MR) is 49.2 cm³/mol. The quantitative estimate of drug-likeness (QED) is 0.554. The van der Waals surface area contributed by atoms with Gasteiger partial charge in [0.1, 0.15) is 6.54 Å². The zero-order valence-electron chi connectivity index (χ0n) is 8.61. The molecule has 0 saturated carbocycles. The van der Waals surface area contributed by atoms with E-state index in [0.717, 1.165) is 19.5 Å². The molecule has 0 aromatic heterocycles. The summed E-state index contributed by atoms with van der Waals surface area (Å²) in [5, 5.41) is 0. The van der Waals surface area contributed by atoms with Gasteiger partial charge < -0.3 is 4.90 Å². The van der Waals surface area contributed by atoms with Crippen molar-refractivity contribution in [3.63, 3.8) is 0 Å². The summed E-state index contributed by atoms with van der Waals surface area (Å²) < 4.78 is 0. The minimum atomic E-state index is 0.227. The van der Waals surface area contributed by atoms with Gasteiger partial charge >= 0.3 is 0 Å². The fourth-order valence-corrected chi connectivity index (χ4v) is 1.84. The van der Waals surface area contributed by atoms with Crippen molar-refractivity contribution in [2.45, 2.75) is 39.7 Å². The largest absolute Gasteiger partial charge is 0.324 e. The SMILES string of the molecule is C[C@H]1CC(=O)C[NH+](C(C)(C)C)C1. The summed E-state index contributed by atoms with van der Waals surface area (Å²) in [5.41, 5.74) is 0.227. The Hall–Kier alpha value is -0.370. The van der Waals surface area contributed by atoms with Gasteiger partial charge in [-0.15, -0.1) is 0 Å². The van der Waals surface area contributed by atoms with Crippen LogP contribution in [0.1, 0.15) is 34.1 Å². The lowest BCUT2D eigenvalue weighted by Crippen LogP contribution is -3.21. The number of carbonyl (C=O) groups excluding carboxylic acids is 1. The Morgan fingerprint density at radius 2 is 2.00 bits per heavy atom. The molecule has 0 aromatic rings. The maximum absolute atomic E-state index is 11.3. The van der Waals surface area contributed by atoms with Gasteiger partial charge in [0.05, 0.1) is 12.1 Å². The van der Waals surface area contributed by atoms with E-state index in [4.69, 9.17) is 0 Å². The third-order valence-electron chi connectivity index (χ3n) is 2.64. The van der Waals surface area contributed by atoms with Gasteiger partial charge in [0.15, 0.2) is 5.78 Å². The van der Waals surface area contributed by atoms with Crippen LogP contribution >= 0.6 is 0 Å². The van der Waals surface area contributed by atoms with Crippen molar-refractivity contribution in [2.24, 2.45) is 5.92 Å². The number of ketones is 1. The van der Waals surface area contributed by atoms with Crippen LogP contribution in [0.25, 0.3) is 0 Å². The molecule has 0 bridgehead atoms. The molecule has 0 amide bonds. The molecule has 1 heterocycles. The summed E-state index contributed by atoms with van der Waals surface area (Å²) in [7, 11) is 0. The molecule has 0 spiro atoms. The second-order valence-corrected chi connectivity index (χ2v) is 5.08. The van der Waals surface area contributed by atoms with Crippen LogP contribution in [-0.4, -0.2) is 24.4 Å². The molecule has 0 radical (unpaired) electrons. The lowest BCUT2D eigenvalue weighted by Gasteiger charge is -2.36.